The van der Waals surface area contributed by atoms with Crippen molar-refractivity contribution in [1.82, 2.24) is 5.32 Å². The molecule has 0 heterocycles. The summed E-state index contributed by atoms with van der Waals surface area (Å²) >= 11 is 6.04. The van der Waals surface area contributed by atoms with Gasteiger partial charge in [-0.05, 0) is 42.3 Å². The van der Waals surface area contributed by atoms with Crippen LogP contribution >= 0.6 is 11.6 Å². The summed E-state index contributed by atoms with van der Waals surface area (Å²) in [5.41, 5.74) is 2.07. The largest absolute Gasteiger partial charge is 0.497 e. The summed E-state index contributed by atoms with van der Waals surface area (Å²) < 4.78 is 5.11. The minimum absolute atomic E-state index is 0.00647. The lowest BCUT2D eigenvalue weighted by Gasteiger charge is -2.07. The van der Waals surface area contributed by atoms with Crippen molar-refractivity contribution in [2.75, 3.05) is 13.7 Å². The van der Waals surface area contributed by atoms with E-state index in [0.29, 0.717) is 11.6 Å². The zero-order valence-corrected chi connectivity index (χ0v) is 13.0. The van der Waals surface area contributed by atoms with E-state index >= 15 is 0 Å². The molecule has 0 saturated carbocycles. The van der Waals surface area contributed by atoms with Gasteiger partial charge >= 0.3 is 0 Å². The first-order chi connectivity index (χ1) is 10.6. The van der Waals surface area contributed by atoms with Crippen LogP contribution in [0.5, 0.6) is 5.75 Å². The SMILES string of the molecule is COc1ccc(CCNCc2ccc([N+](=O)[O-])cc2Cl)cc1. The average Bonchev–Trinajstić information content (AvgIpc) is 2.53. The van der Waals surface area contributed by atoms with Gasteiger partial charge in [-0.1, -0.05) is 23.7 Å². The van der Waals surface area contributed by atoms with E-state index in [-0.39, 0.29) is 5.69 Å². The van der Waals surface area contributed by atoms with Crippen molar-refractivity contribution in [1.29, 1.82) is 0 Å². The number of nitro benzene ring substituents is 1. The Morgan fingerprint density at radius 3 is 2.55 bits per heavy atom. The number of rotatable bonds is 7. The minimum atomic E-state index is -0.452. The second kappa shape index (κ2) is 7.77. The maximum absolute atomic E-state index is 10.6. The van der Waals surface area contributed by atoms with Crippen molar-refractivity contribution in [2.45, 2.75) is 13.0 Å². The van der Waals surface area contributed by atoms with Crippen LogP contribution in [0.3, 0.4) is 0 Å². The molecule has 1 N–H and O–H groups in total. The molecule has 0 radical (unpaired) electrons. The molecule has 116 valence electrons. The van der Waals surface area contributed by atoms with Crippen molar-refractivity contribution < 1.29 is 9.66 Å². The molecular weight excluding hydrogens is 304 g/mol. The Hall–Kier alpha value is -2.11. The summed E-state index contributed by atoms with van der Waals surface area (Å²) in [6.45, 7) is 1.37. The van der Waals surface area contributed by atoms with Gasteiger partial charge in [-0.15, -0.1) is 0 Å². The molecule has 0 aliphatic rings. The van der Waals surface area contributed by atoms with E-state index < -0.39 is 4.92 Å². The number of halogens is 1. The van der Waals surface area contributed by atoms with Crippen LogP contribution in [0.4, 0.5) is 5.69 Å². The third-order valence-electron chi connectivity index (χ3n) is 3.31. The first kappa shape index (κ1) is 16.3. The van der Waals surface area contributed by atoms with Gasteiger partial charge in [0.05, 0.1) is 17.1 Å². The van der Waals surface area contributed by atoms with Crippen LogP contribution < -0.4 is 10.1 Å². The number of nitro groups is 1. The highest BCUT2D eigenvalue weighted by Gasteiger charge is 2.08. The molecule has 0 amide bonds. The number of hydrogen-bond donors (Lipinski definition) is 1. The molecule has 0 aliphatic heterocycles. The van der Waals surface area contributed by atoms with Gasteiger partial charge in [0.1, 0.15) is 5.75 Å². The molecule has 5 nitrogen and oxygen atoms in total. The molecule has 0 bridgehead atoms. The number of hydrogen-bond acceptors (Lipinski definition) is 4. The number of nitrogens with one attached hydrogen (secondary N) is 1. The fraction of sp³-hybridized carbons (Fsp3) is 0.250. The normalized spacial score (nSPS) is 10.5. The highest BCUT2D eigenvalue weighted by molar-refractivity contribution is 6.31. The summed E-state index contributed by atoms with van der Waals surface area (Å²) in [4.78, 5) is 10.2. The zero-order chi connectivity index (χ0) is 15.9. The Labute approximate surface area is 134 Å². The first-order valence-corrected chi connectivity index (χ1v) is 7.24. The Morgan fingerprint density at radius 1 is 1.23 bits per heavy atom. The molecule has 2 rings (SSSR count). The molecule has 0 fully saturated rings. The lowest BCUT2D eigenvalue weighted by molar-refractivity contribution is -0.384. The Morgan fingerprint density at radius 2 is 1.95 bits per heavy atom. The summed E-state index contributed by atoms with van der Waals surface area (Å²) in [5, 5.41) is 14.3. The fourth-order valence-corrected chi connectivity index (χ4v) is 2.28. The monoisotopic (exact) mass is 320 g/mol. The van der Waals surface area contributed by atoms with Crippen molar-refractivity contribution in [3.63, 3.8) is 0 Å². The molecular formula is C16H17ClN2O3. The molecule has 6 heteroatoms. The van der Waals surface area contributed by atoms with Gasteiger partial charge < -0.3 is 10.1 Å². The first-order valence-electron chi connectivity index (χ1n) is 6.86. The maximum Gasteiger partial charge on any atom is 0.270 e. The van der Waals surface area contributed by atoms with Crippen LogP contribution in [-0.4, -0.2) is 18.6 Å². The third kappa shape index (κ3) is 4.44. The predicted octanol–water partition coefficient (Wildman–Crippen LogP) is 3.59. The van der Waals surface area contributed by atoms with Crippen LogP contribution in [0.25, 0.3) is 0 Å². The lowest BCUT2D eigenvalue weighted by Crippen LogP contribution is -2.16. The maximum atomic E-state index is 10.6. The number of ether oxygens (including phenoxy) is 1. The summed E-state index contributed by atoms with van der Waals surface area (Å²) in [6.07, 6.45) is 0.884. The lowest BCUT2D eigenvalue weighted by atomic mass is 10.1. The molecule has 0 saturated heterocycles. The van der Waals surface area contributed by atoms with Crippen molar-refractivity contribution in [3.8, 4) is 5.75 Å². The molecule has 0 spiro atoms. The van der Waals surface area contributed by atoms with E-state index in [9.17, 15) is 10.1 Å². The Bertz CT molecular complexity index is 644. The van der Waals surface area contributed by atoms with E-state index in [0.717, 1.165) is 24.3 Å². The van der Waals surface area contributed by atoms with Crippen LogP contribution in [-0.2, 0) is 13.0 Å². The van der Waals surface area contributed by atoms with Crippen LogP contribution in [0.1, 0.15) is 11.1 Å². The van der Waals surface area contributed by atoms with Gasteiger partial charge in [0.15, 0.2) is 0 Å². The standard InChI is InChI=1S/C16H17ClN2O3/c1-22-15-6-2-12(3-7-15)8-9-18-11-13-4-5-14(19(20)21)10-16(13)17/h2-7,10,18H,8-9,11H2,1H3. The molecule has 0 unspecified atom stereocenters. The van der Waals surface area contributed by atoms with Crippen molar-refractivity contribution >= 4 is 17.3 Å². The quantitative estimate of drug-likeness (QED) is 0.481. The predicted molar refractivity (Wildman–Crippen MR) is 86.5 cm³/mol. The van der Waals surface area contributed by atoms with E-state index in [1.54, 1.807) is 13.2 Å². The summed E-state index contributed by atoms with van der Waals surface area (Å²) in [6, 6.07) is 12.4. The van der Waals surface area contributed by atoms with Gasteiger partial charge in [-0.25, -0.2) is 0 Å². The second-order valence-electron chi connectivity index (χ2n) is 4.81. The van der Waals surface area contributed by atoms with Gasteiger partial charge in [-0.3, -0.25) is 10.1 Å². The van der Waals surface area contributed by atoms with Gasteiger partial charge in [0.25, 0.3) is 5.69 Å². The topological polar surface area (TPSA) is 64.4 Å². The Balaban J connectivity index is 1.82. The number of benzene rings is 2. The smallest absolute Gasteiger partial charge is 0.270 e. The minimum Gasteiger partial charge on any atom is -0.497 e. The molecule has 22 heavy (non-hydrogen) atoms. The molecule has 2 aromatic rings. The number of non-ortho nitro benzene ring substituents is 1. The molecule has 0 aromatic heterocycles. The van der Waals surface area contributed by atoms with Crippen LogP contribution in [0.2, 0.25) is 5.02 Å². The zero-order valence-electron chi connectivity index (χ0n) is 12.2. The highest BCUT2D eigenvalue weighted by Crippen LogP contribution is 2.22. The highest BCUT2D eigenvalue weighted by atomic mass is 35.5. The second-order valence-corrected chi connectivity index (χ2v) is 5.21. The number of methoxy groups -OCH3 is 1. The average molecular weight is 321 g/mol. The van der Waals surface area contributed by atoms with Gasteiger partial charge in [-0.2, -0.15) is 0 Å². The molecule has 2 aromatic carbocycles. The van der Waals surface area contributed by atoms with E-state index in [1.165, 1.54) is 17.7 Å². The molecule has 0 aliphatic carbocycles. The summed E-state index contributed by atoms with van der Waals surface area (Å²) in [7, 11) is 1.64. The van der Waals surface area contributed by atoms with Crippen LogP contribution in [0.15, 0.2) is 42.5 Å². The summed E-state index contributed by atoms with van der Waals surface area (Å²) in [5.74, 6) is 0.842. The number of nitrogens with zero attached hydrogens (tertiary/aromatic N) is 1. The molecule has 0 atom stereocenters. The van der Waals surface area contributed by atoms with Crippen LogP contribution in [0, 0.1) is 10.1 Å². The van der Waals surface area contributed by atoms with Gasteiger partial charge in [0, 0.05) is 18.7 Å². The van der Waals surface area contributed by atoms with Gasteiger partial charge in [0.2, 0.25) is 0 Å². The fourth-order valence-electron chi connectivity index (χ4n) is 2.04. The van der Waals surface area contributed by atoms with E-state index in [1.807, 2.05) is 24.3 Å². The van der Waals surface area contributed by atoms with E-state index in [4.69, 9.17) is 16.3 Å². The van der Waals surface area contributed by atoms with Crippen molar-refractivity contribution in [3.05, 3.63) is 68.7 Å². The van der Waals surface area contributed by atoms with Crippen molar-refractivity contribution in [2.24, 2.45) is 0 Å². The third-order valence-corrected chi connectivity index (χ3v) is 3.66. The van der Waals surface area contributed by atoms with E-state index in [2.05, 4.69) is 5.32 Å². The Kier molecular flexibility index (Phi) is 5.75.